The highest BCUT2D eigenvalue weighted by Gasteiger charge is 2.19. The topological polar surface area (TPSA) is 37.8 Å². The van der Waals surface area contributed by atoms with Crippen LogP contribution in [-0.4, -0.2) is 10.2 Å². The lowest BCUT2D eigenvalue weighted by Gasteiger charge is -2.09. The molecule has 5 heteroatoms. The van der Waals surface area contributed by atoms with Crippen molar-refractivity contribution >= 4 is 22.0 Å². The predicted octanol–water partition coefficient (Wildman–Crippen LogP) is 5.94. The molecule has 1 heterocycles. The predicted molar refractivity (Wildman–Crippen MR) is 116 cm³/mol. The van der Waals surface area contributed by atoms with Crippen molar-refractivity contribution in [3.8, 4) is 10.6 Å². The van der Waals surface area contributed by atoms with Crippen LogP contribution in [0.15, 0.2) is 78.9 Å². The van der Waals surface area contributed by atoms with Crippen LogP contribution in [0.1, 0.15) is 22.3 Å². The van der Waals surface area contributed by atoms with Crippen molar-refractivity contribution in [1.29, 1.82) is 0 Å². The number of aromatic nitrogens is 2. The Hall–Kier alpha value is -3.31. The lowest BCUT2D eigenvalue weighted by Crippen LogP contribution is -1.98. The molecule has 3 aromatic carbocycles. The number of fused-ring (bicyclic) bond motifs is 1. The molecule has 4 aromatic rings. The number of allylic oxidation sites excluding steroid dienone is 1. The maximum Gasteiger partial charge on any atom is 0.206 e. The van der Waals surface area contributed by atoms with E-state index in [-0.39, 0.29) is 5.82 Å². The van der Waals surface area contributed by atoms with Crippen molar-refractivity contribution < 1.29 is 4.39 Å². The first kappa shape index (κ1) is 17.8. The molecule has 3 nitrogen and oxygen atoms in total. The maximum atomic E-state index is 14.3. The Kier molecular flexibility index (Phi) is 4.66. The van der Waals surface area contributed by atoms with Gasteiger partial charge in [0.15, 0.2) is 0 Å². The Balaban J connectivity index is 1.40. The van der Waals surface area contributed by atoms with Crippen LogP contribution >= 0.6 is 11.3 Å². The zero-order valence-corrected chi connectivity index (χ0v) is 16.4. The summed E-state index contributed by atoms with van der Waals surface area (Å²) in [5.74, 6) is -0.194. The van der Waals surface area contributed by atoms with Gasteiger partial charge in [-0.2, -0.15) is 0 Å². The maximum absolute atomic E-state index is 14.3. The van der Waals surface area contributed by atoms with Crippen molar-refractivity contribution in [2.24, 2.45) is 0 Å². The van der Waals surface area contributed by atoms with Gasteiger partial charge in [-0.25, -0.2) is 4.39 Å². The van der Waals surface area contributed by atoms with Gasteiger partial charge in [-0.1, -0.05) is 78.1 Å². The van der Waals surface area contributed by atoms with E-state index in [9.17, 15) is 4.39 Å². The normalized spacial score (nSPS) is 12.5. The third-order valence-electron chi connectivity index (χ3n) is 5.05. The monoisotopic (exact) mass is 399 g/mol. The molecule has 0 spiro atoms. The highest BCUT2D eigenvalue weighted by molar-refractivity contribution is 7.18. The standard InChI is InChI=1S/C24H18FN3S/c25-22-9-5-4-8-20(22)19-13-12-17-10-11-18(14-21(17)19)23-27-28-24(29-23)26-15-16-6-2-1-3-7-16/h1-11,13-14H,12,15H2,(H,26,28). The Bertz CT molecular complexity index is 1200. The second kappa shape index (κ2) is 7.60. The molecule has 0 saturated carbocycles. The van der Waals surface area contributed by atoms with Crippen LogP contribution in [-0.2, 0) is 13.0 Å². The highest BCUT2D eigenvalue weighted by atomic mass is 32.1. The molecule has 0 bridgehead atoms. The molecule has 1 aliphatic rings. The number of rotatable bonds is 5. The van der Waals surface area contributed by atoms with E-state index in [0.717, 1.165) is 33.3 Å². The Morgan fingerprint density at radius 2 is 1.72 bits per heavy atom. The molecule has 142 valence electrons. The van der Waals surface area contributed by atoms with E-state index in [1.807, 2.05) is 30.3 Å². The summed E-state index contributed by atoms with van der Waals surface area (Å²) in [5.41, 5.74) is 6.07. The number of hydrogen-bond acceptors (Lipinski definition) is 4. The highest BCUT2D eigenvalue weighted by Crippen LogP contribution is 2.37. The molecule has 1 aliphatic carbocycles. The molecular weight excluding hydrogens is 381 g/mol. The second-order valence-electron chi connectivity index (χ2n) is 6.93. The summed E-state index contributed by atoms with van der Waals surface area (Å²) in [5, 5.41) is 13.6. The third kappa shape index (κ3) is 3.57. The van der Waals surface area contributed by atoms with Gasteiger partial charge in [0.25, 0.3) is 0 Å². The summed E-state index contributed by atoms with van der Waals surface area (Å²) >= 11 is 1.52. The van der Waals surface area contributed by atoms with Gasteiger partial charge in [0.1, 0.15) is 10.8 Å². The van der Waals surface area contributed by atoms with Gasteiger partial charge in [-0.3, -0.25) is 0 Å². The molecule has 1 N–H and O–H groups in total. The Labute approximate surface area is 172 Å². The molecule has 0 amide bonds. The molecule has 0 aliphatic heterocycles. The summed E-state index contributed by atoms with van der Waals surface area (Å²) in [6, 6.07) is 23.4. The minimum Gasteiger partial charge on any atom is -0.356 e. The molecule has 0 atom stereocenters. The molecule has 29 heavy (non-hydrogen) atoms. The van der Waals surface area contributed by atoms with Gasteiger partial charge in [-0.15, -0.1) is 10.2 Å². The van der Waals surface area contributed by atoms with Gasteiger partial charge in [0.05, 0.1) is 0 Å². The Morgan fingerprint density at radius 1 is 0.897 bits per heavy atom. The fraction of sp³-hybridized carbons (Fsp3) is 0.0833. The van der Waals surface area contributed by atoms with Gasteiger partial charge >= 0.3 is 0 Å². The van der Waals surface area contributed by atoms with Crippen LogP contribution in [0.25, 0.3) is 16.1 Å². The average molecular weight is 399 g/mol. The molecular formula is C24H18FN3S. The van der Waals surface area contributed by atoms with E-state index in [1.165, 1.54) is 28.5 Å². The zero-order chi connectivity index (χ0) is 19.6. The summed E-state index contributed by atoms with van der Waals surface area (Å²) in [6.07, 6.45) is 2.92. The van der Waals surface area contributed by atoms with Crippen LogP contribution in [0.2, 0.25) is 0 Å². The van der Waals surface area contributed by atoms with Crippen LogP contribution in [0.3, 0.4) is 0 Å². The number of hydrogen-bond donors (Lipinski definition) is 1. The zero-order valence-electron chi connectivity index (χ0n) is 15.6. The van der Waals surface area contributed by atoms with Gasteiger partial charge in [0, 0.05) is 17.7 Å². The summed E-state index contributed by atoms with van der Waals surface area (Å²) < 4.78 is 14.3. The van der Waals surface area contributed by atoms with Crippen LogP contribution < -0.4 is 5.32 Å². The van der Waals surface area contributed by atoms with Crippen molar-refractivity contribution in [2.75, 3.05) is 5.32 Å². The van der Waals surface area contributed by atoms with Crippen LogP contribution in [0.5, 0.6) is 0 Å². The SMILES string of the molecule is Fc1ccccc1C1=CCc2ccc(-c3nnc(NCc4ccccc4)s3)cc21. The summed E-state index contributed by atoms with van der Waals surface area (Å²) in [4.78, 5) is 0. The quantitative estimate of drug-likeness (QED) is 0.451. The van der Waals surface area contributed by atoms with Gasteiger partial charge in [0.2, 0.25) is 5.13 Å². The first-order valence-corrected chi connectivity index (χ1v) is 10.3. The van der Waals surface area contributed by atoms with Crippen LogP contribution in [0.4, 0.5) is 9.52 Å². The van der Waals surface area contributed by atoms with Crippen LogP contribution in [0, 0.1) is 5.82 Å². The van der Waals surface area contributed by atoms with Crippen molar-refractivity contribution in [1.82, 2.24) is 10.2 Å². The van der Waals surface area contributed by atoms with Gasteiger partial charge < -0.3 is 5.32 Å². The van der Waals surface area contributed by atoms with E-state index in [4.69, 9.17) is 0 Å². The number of nitrogens with zero attached hydrogens (tertiary/aromatic N) is 2. The average Bonchev–Trinajstić information content (AvgIpc) is 3.40. The van der Waals surface area contributed by atoms with Gasteiger partial charge in [-0.05, 0) is 40.8 Å². The minimum absolute atomic E-state index is 0.194. The van der Waals surface area contributed by atoms with E-state index in [2.05, 4.69) is 51.9 Å². The number of benzene rings is 3. The van der Waals surface area contributed by atoms with E-state index in [0.29, 0.717) is 12.1 Å². The third-order valence-corrected chi connectivity index (χ3v) is 5.98. The summed E-state index contributed by atoms with van der Waals surface area (Å²) in [7, 11) is 0. The van der Waals surface area contributed by atoms with E-state index < -0.39 is 0 Å². The lowest BCUT2D eigenvalue weighted by atomic mass is 9.97. The lowest BCUT2D eigenvalue weighted by molar-refractivity contribution is 0.624. The first-order valence-electron chi connectivity index (χ1n) is 9.48. The number of anilines is 1. The smallest absolute Gasteiger partial charge is 0.206 e. The fourth-order valence-corrected chi connectivity index (χ4v) is 4.32. The minimum atomic E-state index is -0.194. The molecule has 1 aromatic heterocycles. The summed E-state index contributed by atoms with van der Waals surface area (Å²) in [6.45, 7) is 0.708. The van der Waals surface area contributed by atoms with Crippen molar-refractivity contribution in [3.63, 3.8) is 0 Å². The molecule has 5 rings (SSSR count). The second-order valence-corrected chi connectivity index (χ2v) is 7.90. The van der Waals surface area contributed by atoms with E-state index >= 15 is 0 Å². The fourth-order valence-electron chi connectivity index (χ4n) is 3.58. The first-order chi connectivity index (χ1) is 14.3. The molecule has 0 saturated heterocycles. The van der Waals surface area contributed by atoms with Crippen molar-refractivity contribution in [2.45, 2.75) is 13.0 Å². The number of nitrogens with one attached hydrogen (secondary N) is 1. The number of halogens is 1. The molecule has 0 unspecified atom stereocenters. The molecule has 0 radical (unpaired) electrons. The molecule has 0 fully saturated rings. The Morgan fingerprint density at radius 3 is 2.59 bits per heavy atom. The largest absolute Gasteiger partial charge is 0.356 e. The van der Waals surface area contributed by atoms with E-state index in [1.54, 1.807) is 6.07 Å². The van der Waals surface area contributed by atoms with Crippen molar-refractivity contribution in [3.05, 3.63) is 107 Å².